The van der Waals surface area contributed by atoms with Gasteiger partial charge in [-0.15, -0.1) is 0 Å². The number of aryl methyl sites for hydroxylation is 3. The smallest absolute Gasteiger partial charge is 0.338 e. The van der Waals surface area contributed by atoms with E-state index in [1.807, 2.05) is 103 Å². The number of halogens is 7. The number of methoxy groups -OCH3 is 1. The first kappa shape index (κ1) is 60.8. The van der Waals surface area contributed by atoms with Gasteiger partial charge in [0, 0.05) is 70.6 Å². The normalized spacial score (nSPS) is 10.6. The Balaban J connectivity index is 0.000000174. The number of aromatic carboxylic acids is 1. The first-order chi connectivity index (χ1) is 38.4. The Kier molecular flexibility index (Phi) is 22.5. The first-order valence-electron chi connectivity index (χ1n) is 24.9. The molecule has 0 aromatic heterocycles. The maximum atomic E-state index is 12.6. The molecule has 80 heavy (non-hydrogen) atoms. The van der Waals surface area contributed by atoms with Gasteiger partial charge in [-0.2, -0.15) is 0 Å². The van der Waals surface area contributed by atoms with E-state index in [0.29, 0.717) is 83.6 Å². The van der Waals surface area contributed by atoms with E-state index in [-0.39, 0.29) is 35.8 Å². The highest BCUT2D eigenvalue weighted by atomic mass is 79.9. The summed E-state index contributed by atoms with van der Waals surface area (Å²) in [6.45, 7) is 0. The second kappa shape index (κ2) is 29.6. The molecule has 0 heterocycles. The molecule has 0 atom stereocenters. The van der Waals surface area contributed by atoms with E-state index in [0.717, 1.165) is 49.0 Å². The summed E-state index contributed by atoms with van der Waals surface area (Å²) >= 11 is 39.4. The van der Waals surface area contributed by atoms with E-state index in [4.69, 9.17) is 74.3 Å². The van der Waals surface area contributed by atoms with Gasteiger partial charge in [-0.3, -0.25) is 14.4 Å². The van der Waals surface area contributed by atoms with Crippen LogP contribution in [0.3, 0.4) is 0 Å². The minimum absolute atomic E-state index is 0.0291. The lowest BCUT2D eigenvalue weighted by Gasteiger charge is -2.11. The fraction of sp³-hybridized carbons (Fsp3) is 0.106. The highest BCUT2D eigenvalue weighted by Crippen LogP contribution is 2.30. The van der Waals surface area contributed by atoms with Crippen LogP contribution in [0.1, 0.15) is 87.7 Å². The van der Waals surface area contributed by atoms with Crippen molar-refractivity contribution in [2.75, 3.05) is 7.11 Å². The summed E-state index contributed by atoms with van der Waals surface area (Å²) in [7, 11) is 1.34. The minimum Gasteiger partial charge on any atom is -0.478 e. The van der Waals surface area contributed by atoms with Crippen LogP contribution in [0, 0.1) is 0 Å². The third-order valence-electron chi connectivity index (χ3n) is 12.6. The van der Waals surface area contributed by atoms with Gasteiger partial charge in [0.2, 0.25) is 0 Å². The third-order valence-corrected chi connectivity index (χ3v) is 14.7. The fourth-order valence-electron chi connectivity index (χ4n) is 8.64. The van der Waals surface area contributed by atoms with Gasteiger partial charge in [0.05, 0.1) is 18.2 Å². The number of ketones is 3. The zero-order valence-electron chi connectivity index (χ0n) is 42.8. The molecule has 0 aliphatic heterocycles. The summed E-state index contributed by atoms with van der Waals surface area (Å²) in [5.74, 6) is -1.64. The van der Waals surface area contributed by atoms with Crippen molar-refractivity contribution in [3.8, 4) is 33.4 Å². The van der Waals surface area contributed by atoms with Crippen molar-refractivity contribution >= 4 is 115 Å². The van der Waals surface area contributed by atoms with Crippen LogP contribution in [0.15, 0.2) is 205 Å². The highest BCUT2D eigenvalue weighted by molar-refractivity contribution is 9.10. The number of ether oxygens (including phenoxy) is 1. The Bertz CT molecular complexity index is 3630. The van der Waals surface area contributed by atoms with Crippen LogP contribution < -0.4 is 0 Å². The molecule has 0 bridgehead atoms. The number of carbonyl (C=O) groups is 5. The third kappa shape index (κ3) is 17.6. The summed E-state index contributed by atoms with van der Waals surface area (Å²) < 4.78 is 5.89. The number of benzene rings is 9. The molecule has 9 aromatic rings. The zero-order chi connectivity index (χ0) is 57.3. The van der Waals surface area contributed by atoms with Gasteiger partial charge in [-0.1, -0.05) is 213 Å². The second-order valence-electron chi connectivity index (χ2n) is 18.2. The lowest BCUT2D eigenvalue weighted by molar-refractivity contribution is 0.0597. The summed E-state index contributed by atoms with van der Waals surface area (Å²) in [6.07, 6.45) is 2.13. The van der Waals surface area contributed by atoms with Crippen LogP contribution >= 0.6 is 85.5 Å². The Morgan fingerprint density at radius 1 is 0.375 bits per heavy atom. The fourth-order valence-corrected chi connectivity index (χ4v) is 10.7. The maximum absolute atomic E-state index is 12.6. The first-order valence-corrected chi connectivity index (χ1v) is 28.0. The van der Waals surface area contributed by atoms with E-state index < -0.39 is 11.9 Å². The highest BCUT2D eigenvalue weighted by Gasteiger charge is 2.18. The van der Waals surface area contributed by atoms with E-state index in [9.17, 15) is 29.1 Å². The molecule has 9 aromatic carbocycles. The predicted molar refractivity (Wildman–Crippen MR) is 329 cm³/mol. The number of carboxylic acid groups (broad SMARTS) is 1. The quantitative estimate of drug-likeness (QED) is 0.0713. The van der Waals surface area contributed by atoms with Crippen molar-refractivity contribution in [1.29, 1.82) is 0 Å². The van der Waals surface area contributed by atoms with Gasteiger partial charge < -0.3 is 9.84 Å². The Morgan fingerprint density at radius 3 is 1.01 bits per heavy atom. The van der Waals surface area contributed by atoms with Gasteiger partial charge in [0.1, 0.15) is 0 Å². The molecule has 0 saturated carbocycles. The average Bonchev–Trinajstić information content (AvgIpc) is 3.46. The lowest BCUT2D eigenvalue weighted by Crippen LogP contribution is -2.08. The molecule has 1 N–H and O–H groups in total. The monoisotopic (exact) mass is 1240 g/mol. The van der Waals surface area contributed by atoms with Crippen molar-refractivity contribution < 1.29 is 33.8 Å². The number of hydrogen-bond donors (Lipinski definition) is 1. The van der Waals surface area contributed by atoms with E-state index in [1.54, 1.807) is 72.8 Å². The molecule has 0 saturated heterocycles. The number of carboxylic acids is 1. The van der Waals surface area contributed by atoms with Gasteiger partial charge in [-0.05, 0) is 142 Å². The summed E-state index contributed by atoms with van der Waals surface area (Å²) in [5, 5.41) is 12.0. The predicted octanol–water partition coefficient (Wildman–Crippen LogP) is 19.7. The Morgan fingerprint density at radius 2 is 0.675 bits per heavy atom. The lowest BCUT2D eigenvalue weighted by atomic mass is 9.95. The van der Waals surface area contributed by atoms with E-state index in [1.165, 1.54) is 7.11 Å². The summed E-state index contributed by atoms with van der Waals surface area (Å²) in [4.78, 5) is 61.2. The molecule has 0 spiro atoms. The Hall–Kier alpha value is -6.85. The van der Waals surface area contributed by atoms with Gasteiger partial charge in [-0.25, -0.2) is 9.59 Å². The van der Waals surface area contributed by atoms with Crippen molar-refractivity contribution in [2.24, 2.45) is 0 Å². The SMILES string of the molecule is COC(=O)c1ccc(-c2ccccc2)cc1CCC(=O)c1cc(Cl)cc(Cl)c1.O=C(CCc1cc(-c2ccccc2)ccc1Br)c1cc(Cl)cc(Cl)c1.O=C(CCc1cc(-c2ccccc2)ccc1C(=O)O)c1cc(Cl)cc(Cl)c1. The van der Waals surface area contributed by atoms with Crippen molar-refractivity contribution in [1.82, 2.24) is 0 Å². The van der Waals surface area contributed by atoms with Crippen molar-refractivity contribution in [3.05, 3.63) is 279 Å². The molecule has 0 amide bonds. The summed E-state index contributed by atoms with van der Waals surface area (Å²) in [5.41, 5.74) is 10.8. The molecule has 0 unspecified atom stereocenters. The molecule has 9 rings (SSSR count). The number of hydrogen-bond acceptors (Lipinski definition) is 6. The van der Waals surface area contributed by atoms with Crippen LogP contribution in [0.4, 0.5) is 0 Å². The van der Waals surface area contributed by atoms with Crippen LogP contribution in [0.25, 0.3) is 33.4 Å². The molecule has 14 heteroatoms. The molecule has 0 aliphatic rings. The van der Waals surface area contributed by atoms with Gasteiger partial charge >= 0.3 is 11.9 Å². The number of esters is 1. The standard InChI is InChI=1S/C23H18Cl2O3.C22H16Cl2O3.C21H15BrCl2O/c1-28-23(27)21-9-7-16(15-5-3-2-4-6-15)11-17(21)8-10-22(26)18-12-19(24)14-20(25)13-18;23-18-11-17(12-19(24)13-18)21(25)9-7-16-10-15(6-8-20(16)22(26)27)14-4-2-1-3-5-14;22-20-8-6-15(14-4-2-1-3-5-14)10-16(20)7-9-21(25)17-11-18(23)13-19(24)12-17/h2-7,9,11-14H,8,10H2,1H3;1-6,8,10-13H,7,9H2,(H,26,27);1-6,8,10-13H,7,9H2. The molecule has 0 fully saturated rings. The average molecular weight is 1250 g/mol. The topological polar surface area (TPSA) is 115 Å². The van der Waals surface area contributed by atoms with Crippen molar-refractivity contribution in [3.63, 3.8) is 0 Å². The summed E-state index contributed by atoms with van der Waals surface area (Å²) in [6, 6.07) is 61.1. The zero-order valence-corrected chi connectivity index (χ0v) is 49.0. The van der Waals surface area contributed by atoms with E-state index in [2.05, 4.69) is 40.2 Å². The van der Waals surface area contributed by atoms with E-state index >= 15 is 0 Å². The molecular formula is C66H49BrCl6O7. The molecule has 7 nitrogen and oxygen atoms in total. The molecule has 0 aliphatic carbocycles. The van der Waals surface area contributed by atoms with Crippen LogP contribution in [-0.4, -0.2) is 41.5 Å². The van der Waals surface area contributed by atoms with Crippen LogP contribution in [-0.2, 0) is 24.0 Å². The maximum Gasteiger partial charge on any atom is 0.338 e. The molecule has 0 radical (unpaired) electrons. The van der Waals surface area contributed by atoms with Crippen molar-refractivity contribution in [2.45, 2.75) is 38.5 Å². The molecular weight excluding hydrogens is 1200 g/mol. The largest absolute Gasteiger partial charge is 0.478 e. The minimum atomic E-state index is -1.01. The second-order valence-corrected chi connectivity index (χ2v) is 21.7. The Labute approximate surface area is 503 Å². The molecule has 404 valence electrons. The number of Topliss-reactive ketones (excluding diaryl/α,β-unsaturated/α-hetero) is 3. The number of rotatable bonds is 17. The van der Waals surface area contributed by atoms with Gasteiger partial charge in [0.15, 0.2) is 17.3 Å². The van der Waals surface area contributed by atoms with Crippen LogP contribution in [0.2, 0.25) is 30.1 Å². The van der Waals surface area contributed by atoms with Gasteiger partial charge in [0.25, 0.3) is 0 Å². The van der Waals surface area contributed by atoms with Crippen LogP contribution in [0.5, 0.6) is 0 Å². The number of carbonyl (C=O) groups excluding carboxylic acids is 4.